The summed E-state index contributed by atoms with van der Waals surface area (Å²) in [5.41, 5.74) is 1.32. The second kappa shape index (κ2) is 5.80. The lowest BCUT2D eigenvalue weighted by Gasteiger charge is -2.27. The van der Waals surface area contributed by atoms with Gasteiger partial charge in [-0.15, -0.1) is 11.3 Å². The van der Waals surface area contributed by atoms with Crippen LogP contribution in [0.4, 0.5) is 5.13 Å². The molecule has 0 aromatic carbocycles. The van der Waals surface area contributed by atoms with Crippen molar-refractivity contribution in [2.24, 2.45) is 5.92 Å². The van der Waals surface area contributed by atoms with Crippen LogP contribution in [0.2, 0.25) is 0 Å². The van der Waals surface area contributed by atoms with Crippen molar-refractivity contribution in [3.05, 3.63) is 11.1 Å². The third-order valence-corrected chi connectivity index (χ3v) is 4.58. The molecular weight excluding hydrogens is 254 g/mol. The Kier molecular flexibility index (Phi) is 4.51. The van der Waals surface area contributed by atoms with Crippen molar-refractivity contribution in [2.75, 3.05) is 11.4 Å². The Morgan fingerprint density at radius 3 is 2.84 bits per heavy atom. The van der Waals surface area contributed by atoms with Crippen molar-refractivity contribution >= 4 is 16.5 Å². The lowest BCUT2D eigenvalue weighted by Crippen LogP contribution is -2.35. The zero-order valence-corrected chi connectivity index (χ0v) is 13.7. The summed E-state index contributed by atoms with van der Waals surface area (Å²) in [6.07, 6.45) is 2.62. The summed E-state index contributed by atoms with van der Waals surface area (Å²) in [5.74, 6) is 0.711. The van der Waals surface area contributed by atoms with E-state index >= 15 is 0 Å². The summed E-state index contributed by atoms with van der Waals surface area (Å²) in [4.78, 5) is 7.32. The van der Waals surface area contributed by atoms with Gasteiger partial charge in [0, 0.05) is 30.1 Å². The van der Waals surface area contributed by atoms with E-state index < -0.39 is 0 Å². The summed E-state index contributed by atoms with van der Waals surface area (Å²) in [6.45, 7) is 13.2. The van der Waals surface area contributed by atoms with E-state index in [0.29, 0.717) is 12.0 Å². The molecule has 0 amide bonds. The molecule has 1 aromatic heterocycles. The molecule has 108 valence electrons. The standard InChI is InChI=1S/C15H27N3S/c1-11(2)13-7-6-8-18(13)14-17-12(10-19-14)9-16-15(3,4)5/h10-11,13,16H,6-9H2,1-5H3. The number of rotatable bonds is 4. The third-order valence-electron chi connectivity index (χ3n) is 3.65. The minimum Gasteiger partial charge on any atom is -0.345 e. The molecule has 0 radical (unpaired) electrons. The van der Waals surface area contributed by atoms with E-state index in [1.807, 2.05) is 0 Å². The van der Waals surface area contributed by atoms with Crippen molar-refractivity contribution in [1.29, 1.82) is 0 Å². The van der Waals surface area contributed by atoms with E-state index in [4.69, 9.17) is 4.98 Å². The predicted octanol–water partition coefficient (Wildman–Crippen LogP) is 3.66. The van der Waals surface area contributed by atoms with Gasteiger partial charge in [-0.1, -0.05) is 13.8 Å². The molecule has 0 bridgehead atoms. The molecule has 0 spiro atoms. The number of aromatic nitrogens is 1. The minimum atomic E-state index is 0.151. The van der Waals surface area contributed by atoms with Gasteiger partial charge in [-0.05, 0) is 39.5 Å². The first-order valence-corrected chi connectivity index (χ1v) is 8.21. The van der Waals surface area contributed by atoms with Crippen molar-refractivity contribution in [2.45, 2.75) is 65.6 Å². The van der Waals surface area contributed by atoms with Crippen LogP contribution in [0.3, 0.4) is 0 Å². The van der Waals surface area contributed by atoms with Crippen molar-refractivity contribution < 1.29 is 0 Å². The lowest BCUT2D eigenvalue weighted by atomic mass is 10.0. The fourth-order valence-corrected chi connectivity index (χ4v) is 3.50. The zero-order valence-electron chi connectivity index (χ0n) is 12.9. The molecule has 1 unspecified atom stereocenters. The Morgan fingerprint density at radius 1 is 1.47 bits per heavy atom. The smallest absolute Gasteiger partial charge is 0.185 e. The molecule has 1 atom stereocenters. The maximum absolute atomic E-state index is 4.81. The van der Waals surface area contributed by atoms with E-state index in [9.17, 15) is 0 Å². The highest BCUT2D eigenvalue weighted by Crippen LogP contribution is 2.31. The zero-order chi connectivity index (χ0) is 14.0. The quantitative estimate of drug-likeness (QED) is 0.913. The van der Waals surface area contributed by atoms with Crippen molar-refractivity contribution in [3.8, 4) is 0 Å². The van der Waals surface area contributed by atoms with Crippen LogP contribution in [0, 0.1) is 5.92 Å². The molecular formula is C15H27N3S. The molecule has 4 heteroatoms. The summed E-state index contributed by atoms with van der Waals surface area (Å²) in [7, 11) is 0. The molecule has 1 saturated heterocycles. The molecule has 2 rings (SSSR count). The van der Waals surface area contributed by atoms with Gasteiger partial charge in [-0.25, -0.2) is 4.98 Å². The molecule has 1 N–H and O–H groups in total. The Hall–Kier alpha value is -0.610. The Balaban J connectivity index is 2.00. The number of hydrogen-bond donors (Lipinski definition) is 1. The van der Waals surface area contributed by atoms with Gasteiger partial charge in [-0.2, -0.15) is 0 Å². The fourth-order valence-electron chi connectivity index (χ4n) is 2.59. The van der Waals surface area contributed by atoms with Gasteiger partial charge in [0.2, 0.25) is 0 Å². The second-order valence-corrected chi connectivity index (χ2v) is 7.71. The Bertz CT molecular complexity index is 406. The molecule has 2 heterocycles. The highest BCUT2D eigenvalue weighted by Gasteiger charge is 2.29. The van der Waals surface area contributed by atoms with Crippen LogP contribution in [0.15, 0.2) is 5.38 Å². The summed E-state index contributed by atoms with van der Waals surface area (Å²) in [6, 6.07) is 0.676. The van der Waals surface area contributed by atoms with Crippen molar-refractivity contribution in [3.63, 3.8) is 0 Å². The van der Waals surface area contributed by atoms with Crippen LogP contribution in [0.1, 0.15) is 53.2 Å². The first-order chi connectivity index (χ1) is 8.87. The van der Waals surface area contributed by atoms with Crippen LogP contribution < -0.4 is 10.2 Å². The maximum Gasteiger partial charge on any atom is 0.185 e. The lowest BCUT2D eigenvalue weighted by molar-refractivity contribution is 0.421. The monoisotopic (exact) mass is 281 g/mol. The molecule has 1 aromatic rings. The highest BCUT2D eigenvalue weighted by atomic mass is 32.1. The maximum atomic E-state index is 4.81. The number of hydrogen-bond acceptors (Lipinski definition) is 4. The number of anilines is 1. The molecule has 1 fully saturated rings. The van der Waals surface area contributed by atoms with Crippen LogP contribution in [-0.4, -0.2) is 23.1 Å². The van der Waals surface area contributed by atoms with Gasteiger partial charge in [0.1, 0.15) is 0 Å². The normalized spacial score (nSPS) is 20.5. The molecule has 3 nitrogen and oxygen atoms in total. The molecule has 1 aliphatic heterocycles. The summed E-state index contributed by atoms with van der Waals surface area (Å²) < 4.78 is 0. The van der Waals surface area contributed by atoms with Gasteiger partial charge in [0.05, 0.1) is 5.69 Å². The van der Waals surface area contributed by atoms with Crippen LogP contribution in [0.5, 0.6) is 0 Å². The molecule has 1 aliphatic rings. The SMILES string of the molecule is CC(C)C1CCCN1c1nc(CNC(C)(C)C)cs1. The fraction of sp³-hybridized carbons (Fsp3) is 0.800. The van der Waals surface area contributed by atoms with Gasteiger partial charge >= 0.3 is 0 Å². The van der Waals surface area contributed by atoms with E-state index in [1.165, 1.54) is 30.2 Å². The van der Waals surface area contributed by atoms with E-state index in [-0.39, 0.29) is 5.54 Å². The van der Waals surface area contributed by atoms with E-state index in [1.54, 1.807) is 11.3 Å². The number of thiazole rings is 1. The average molecular weight is 281 g/mol. The Morgan fingerprint density at radius 2 is 2.21 bits per heavy atom. The highest BCUT2D eigenvalue weighted by molar-refractivity contribution is 7.13. The van der Waals surface area contributed by atoms with Gasteiger partial charge in [-0.3, -0.25) is 0 Å². The van der Waals surface area contributed by atoms with Crippen LogP contribution in [-0.2, 0) is 6.54 Å². The minimum absolute atomic E-state index is 0.151. The van der Waals surface area contributed by atoms with E-state index in [0.717, 1.165) is 6.54 Å². The van der Waals surface area contributed by atoms with Gasteiger partial charge < -0.3 is 10.2 Å². The van der Waals surface area contributed by atoms with Gasteiger partial charge in [0.25, 0.3) is 0 Å². The average Bonchev–Trinajstić information content (AvgIpc) is 2.94. The largest absolute Gasteiger partial charge is 0.345 e. The first-order valence-electron chi connectivity index (χ1n) is 7.33. The van der Waals surface area contributed by atoms with Crippen LogP contribution in [0.25, 0.3) is 0 Å². The van der Waals surface area contributed by atoms with Gasteiger partial charge in [0.15, 0.2) is 5.13 Å². The molecule has 0 saturated carbocycles. The molecule has 0 aliphatic carbocycles. The predicted molar refractivity (Wildman–Crippen MR) is 83.9 cm³/mol. The number of nitrogens with zero attached hydrogens (tertiary/aromatic N) is 2. The first kappa shape index (κ1) is 14.8. The summed E-state index contributed by atoms with van der Waals surface area (Å²) in [5, 5.41) is 6.91. The third kappa shape index (κ3) is 3.93. The van der Waals surface area contributed by atoms with Crippen LogP contribution >= 0.6 is 11.3 Å². The number of nitrogens with one attached hydrogen (secondary N) is 1. The molecule has 19 heavy (non-hydrogen) atoms. The second-order valence-electron chi connectivity index (χ2n) is 6.87. The van der Waals surface area contributed by atoms with Crippen molar-refractivity contribution in [1.82, 2.24) is 10.3 Å². The topological polar surface area (TPSA) is 28.2 Å². The summed E-state index contributed by atoms with van der Waals surface area (Å²) >= 11 is 1.79. The van der Waals surface area contributed by atoms with E-state index in [2.05, 4.69) is 50.2 Å². The Labute approximate surface area is 121 Å².